The Hall–Kier alpha value is -0.770. The first-order valence-electron chi connectivity index (χ1n) is 8.62. The Bertz CT molecular complexity index is 372. The topological polar surface area (TPSA) is 50.4 Å². The molecule has 1 aliphatic carbocycles. The summed E-state index contributed by atoms with van der Waals surface area (Å²) in [6.45, 7) is 17.7. The molecule has 0 aromatic carbocycles. The summed E-state index contributed by atoms with van der Waals surface area (Å²) in [5.41, 5.74) is -0.0357. The molecule has 3 atom stereocenters. The SMILES string of the molecule is CC(C)C(CNC1CC(C)(C)CC1C)NC(=O)OC(C)(C)C. The van der Waals surface area contributed by atoms with Crippen LogP contribution in [0.1, 0.15) is 68.2 Å². The zero-order chi connectivity index (χ0) is 17.1. The van der Waals surface area contributed by atoms with Gasteiger partial charge in [-0.05, 0) is 50.9 Å². The van der Waals surface area contributed by atoms with Gasteiger partial charge in [-0.25, -0.2) is 4.79 Å². The van der Waals surface area contributed by atoms with E-state index in [1.54, 1.807) is 0 Å². The van der Waals surface area contributed by atoms with Gasteiger partial charge in [0, 0.05) is 18.6 Å². The largest absolute Gasteiger partial charge is 0.444 e. The number of nitrogens with one attached hydrogen (secondary N) is 2. The summed E-state index contributed by atoms with van der Waals surface area (Å²) in [5, 5.41) is 6.68. The van der Waals surface area contributed by atoms with Gasteiger partial charge in [0.2, 0.25) is 0 Å². The lowest BCUT2D eigenvalue weighted by Crippen LogP contribution is -2.49. The van der Waals surface area contributed by atoms with E-state index in [9.17, 15) is 4.79 Å². The first kappa shape index (κ1) is 19.3. The van der Waals surface area contributed by atoms with Crippen molar-refractivity contribution in [2.24, 2.45) is 17.3 Å². The molecular formula is C18H36N2O2. The van der Waals surface area contributed by atoms with Crippen LogP contribution in [0.15, 0.2) is 0 Å². The average molecular weight is 312 g/mol. The molecular weight excluding hydrogens is 276 g/mol. The minimum atomic E-state index is -0.455. The van der Waals surface area contributed by atoms with Crippen LogP contribution in [0, 0.1) is 17.3 Å². The Balaban J connectivity index is 2.50. The lowest BCUT2D eigenvalue weighted by molar-refractivity contribution is 0.0488. The molecule has 1 fully saturated rings. The predicted octanol–water partition coefficient (Wildman–Crippen LogP) is 3.95. The van der Waals surface area contributed by atoms with Gasteiger partial charge < -0.3 is 15.4 Å². The molecule has 0 radical (unpaired) electrons. The Morgan fingerprint density at radius 3 is 2.27 bits per heavy atom. The quantitative estimate of drug-likeness (QED) is 0.808. The van der Waals surface area contributed by atoms with E-state index in [1.807, 2.05) is 20.8 Å². The van der Waals surface area contributed by atoms with E-state index < -0.39 is 5.60 Å². The molecule has 22 heavy (non-hydrogen) atoms. The maximum absolute atomic E-state index is 12.0. The number of carbonyl (C=O) groups is 1. The number of alkyl carbamates (subject to hydrolysis) is 1. The van der Waals surface area contributed by atoms with Crippen LogP contribution in [-0.2, 0) is 4.74 Å². The highest BCUT2D eigenvalue weighted by Crippen LogP contribution is 2.40. The van der Waals surface area contributed by atoms with Crippen molar-refractivity contribution in [1.29, 1.82) is 0 Å². The van der Waals surface area contributed by atoms with Gasteiger partial charge >= 0.3 is 6.09 Å². The van der Waals surface area contributed by atoms with Crippen molar-refractivity contribution in [2.45, 2.75) is 85.9 Å². The van der Waals surface area contributed by atoms with E-state index in [-0.39, 0.29) is 12.1 Å². The van der Waals surface area contributed by atoms with Gasteiger partial charge in [0.1, 0.15) is 5.60 Å². The van der Waals surface area contributed by atoms with E-state index in [0.29, 0.717) is 23.3 Å². The van der Waals surface area contributed by atoms with Crippen LogP contribution >= 0.6 is 0 Å². The van der Waals surface area contributed by atoms with Crippen molar-refractivity contribution in [2.75, 3.05) is 6.54 Å². The van der Waals surface area contributed by atoms with Crippen LogP contribution in [0.25, 0.3) is 0 Å². The molecule has 0 heterocycles. The molecule has 0 aromatic rings. The van der Waals surface area contributed by atoms with Gasteiger partial charge in [0.05, 0.1) is 0 Å². The number of hydrogen-bond acceptors (Lipinski definition) is 3. The van der Waals surface area contributed by atoms with Crippen LogP contribution in [-0.4, -0.2) is 30.3 Å². The van der Waals surface area contributed by atoms with E-state index >= 15 is 0 Å². The first-order chi connectivity index (χ1) is 9.89. The van der Waals surface area contributed by atoms with E-state index in [1.165, 1.54) is 12.8 Å². The highest BCUT2D eigenvalue weighted by molar-refractivity contribution is 5.68. The lowest BCUT2D eigenvalue weighted by atomic mass is 9.91. The molecule has 0 spiro atoms. The third-order valence-corrected chi connectivity index (χ3v) is 4.44. The summed E-state index contributed by atoms with van der Waals surface area (Å²) in [5.74, 6) is 1.05. The standard InChI is InChI=1S/C18H36N2O2/c1-12(2)15(20-16(21)22-17(4,5)6)11-19-14-10-18(7,8)9-13(14)3/h12-15,19H,9-11H2,1-8H3,(H,20,21). The molecule has 1 saturated carbocycles. The fourth-order valence-electron chi connectivity index (χ4n) is 3.36. The fraction of sp³-hybridized carbons (Fsp3) is 0.944. The van der Waals surface area contributed by atoms with Crippen LogP contribution in [0.2, 0.25) is 0 Å². The Kier molecular flexibility index (Phi) is 6.31. The summed E-state index contributed by atoms with van der Waals surface area (Å²) in [4.78, 5) is 12.0. The minimum absolute atomic E-state index is 0.0887. The van der Waals surface area contributed by atoms with Crippen molar-refractivity contribution in [3.63, 3.8) is 0 Å². The van der Waals surface area contributed by atoms with Crippen LogP contribution < -0.4 is 10.6 Å². The monoisotopic (exact) mass is 312 g/mol. The molecule has 130 valence electrons. The van der Waals surface area contributed by atoms with Crippen molar-refractivity contribution in [3.05, 3.63) is 0 Å². The van der Waals surface area contributed by atoms with Gasteiger partial charge in [-0.2, -0.15) is 0 Å². The smallest absolute Gasteiger partial charge is 0.407 e. The van der Waals surface area contributed by atoms with Gasteiger partial charge in [-0.15, -0.1) is 0 Å². The molecule has 1 amide bonds. The van der Waals surface area contributed by atoms with E-state index in [0.717, 1.165) is 6.54 Å². The van der Waals surface area contributed by atoms with Crippen molar-refractivity contribution < 1.29 is 9.53 Å². The van der Waals surface area contributed by atoms with Crippen LogP contribution in [0.4, 0.5) is 4.79 Å². The maximum atomic E-state index is 12.0. The number of ether oxygens (including phenoxy) is 1. The van der Waals surface area contributed by atoms with Crippen molar-refractivity contribution in [1.82, 2.24) is 10.6 Å². The van der Waals surface area contributed by atoms with E-state index in [4.69, 9.17) is 4.74 Å². The normalized spacial score (nSPS) is 26.0. The highest BCUT2D eigenvalue weighted by Gasteiger charge is 2.36. The highest BCUT2D eigenvalue weighted by atomic mass is 16.6. The molecule has 1 rings (SSSR count). The van der Waals surface area contributed by atoms with Crippen molar-refractivity contribution in [3.8, 4) is 0 Å². The molecule has 4 nitrogen and oxygen atoms in total. The first-order valence-corrected chi connectivity index (χ1v) is 8.62. The number of hydrogen-bond donors (Lipinski definition) is 2. The second-order valence-electron chi connectivity index (χ2n) is 9.06. The summed E-state index contributed by atoms with van der Waals surface area (Å²) in [6.07, 6.45) is 2.13. The maximum Gasteiger partial charge on any atom is 0.407 e. The van der Waals surface area contributed by atoms with Gasteiger partial charge in [-0.1, -0.05) is 34.6 Å². The summed E-state index contributed by atoms with van der Waals surface area (Å²) >= 11 is 0. The molecule has 0 aliphatic heterocycles. The van der Waals surface area contributed by atoms with Crippen molar-refractivity contribution >= 4 is 6.09 Å². The number of carbonyl (C=O) groups excluding carboxylic acids is 1. The molecule has 2 N–H and O–H groups in total. The summed E-state index contributed by atoms with van der Waals surface area (Å²) in [7, 11) is 0. The second-order valence-corrected chi connectivity index (χ2v) is 9.06. The third kappa shape index (κ3) is 6.55. The van der Waals surface area contributed by atoms with Gasteiger partial charge in [0.15, 0.2) is 0 Å². The Morgan fingerprint density at radius 1 is 1.27 bits per heavy atom. The van der Waals surface area contributed by atoms with Gasteiger partial charge in [-0.3, -0.25) is 0 Å². The number of rotatable bonds is 5. The molecule has 0 saturated heterocycles. The molecule has 4 heteroatoms. The molecule has 1 aliphatic rings. The molecule has 0 aromatic heterocycles. The van der Waals surface area contributed by atoms with E-state index in [2.05, 4.69) is 45.3 Å². The molecule has 0 bridgehead atoms. The third-order valence-electron chi connectivity index (χ3n) is 4.44. The molecule has 3 unspecified atom stereocenters. The fourth-order valence-corrected chi connectivity index (χ4v) is 3.36. The summed E-state index contributed by atoms with van der Waals surface area (Å²) < 4.78 is 5.37. The summed E-state index contributed by atoms with van der Waals surface area (Å²) in [6, 6.07) is 0.627. The number of amides is 1. The predicted molar refractivity (Wildman–Crippen MR) is 92.0 cm³/mol. The Morgan fingerprint density at radius 2 is 1.86 bits per heavy atom. The Labute approximate surface area is 136 Å². The van der Waals surface area contributed by atoms with Gasteiger partial charge in [0.25, 0.3) is 0 Å². The average Bonchev–Trinajstić information content (AvgIpc) is 2.54. The second kappa shape index (κ2) is 7.20. The zero-order valence-corrected chi connectivity index (χ0v) is 15.7. The zero-order valence-electron chi connectivity index (χ0n) is 15.7. The minimum Gasteiger partial charge on any atom is -0.444 e. The van der Waals surface area contributed by atoms with Crippen LogP contribution in [0.3, 0.4) is 0 Å². The lowest BCUT2D eigenvalue weighted by Gasteiger charge is -2.28. The van der Waals surface area contributed by atoms with Crippen LogP contribution in [0.5, 0.6) is 0 Å².